The molecule has 1 amide bonds. The molecule has 3 heterocycles. The molecule has 1 aromatic carbocycles. The van der Waals surface area contributed by atoms with Crippen LogP contribution < -0.4 is 11.1 Å². The number of nitrogens with one attached hydrogen (secondary N) is 2. The van der Waals surface area contributed by atoms with Crippen molar-refractivity contribution in [2.45, 2.75) is 50.2 Å². The first-order valence-corrected chi connectivity index (χ1v) is 12.1. The predicted molar refractivity (Wildman–Crippen MR) is 132 cm³/mol. The van der Waals surface area contributed by atoms with E-state index in [4.69, 9.17) is 17.3 Å². The van der Waals surface area contributed by atoms with Crippen molar-refractivity contribution in [2.75, 3.05) is 13.6 Å². The monoisotopic (exact) mass is 478 g/mol. The Hall–Kier alpha value is -1.66. The number of carbonyl (C=O) groups excluding carboxylic acids is 2. The van der Waals surface area contributed by atoms with Gasteiger partial charge in [-0.3, -0.25) is 9.59 Å². The third kappa shape index (κ3) is 4.66. The number of hydrogen-bond donors (Lipinski definition) is 3. The van der Waals surface area contributed by atoms with E-state index in [-0.39, 0.29) is 30.6 Å². The number of thiazole rings is 1. The first-order chi connectivity index (χ1) is 15.3. The largest absolute Gasteiger partial charge is 0.352 e. The molecule has 1 saturated carbocycles. The summed E-state index contributed by atoms with van der Waals surface area (Å²) in [4.78, 5) is 37.7. The number of H-pyrrole nitrogens is 1. The van der Waals surface area contributed by atoms with Crippen LogP contribution >= 0.6 is 22.9 Å². The van der Waals surface area contributed by atoms with Crippen molar-refractivity contribution in [1.82, 2.24) is 20.2 Å². The van der Waals surface area contributed by atoms with Gasteiger partial charge in [0.1, 0.15) is 5.54 Å². The number of nitrogens with two attached hydrogens (primary N) is 1. The molecule has 0 spiro atoms. The summed E-state index contributed by atoms with van der Waals surface area (Å²) >= 11 is 7.53. The van der Waals surface area contributed by atoms with E-state index in [0.29, 0.717) is 28.6 Å². The van der Waals surface area contributed by atoms with Gasteiger partial charge in [0, 0.05) is 59.2 Å². The van der Waals surface area contributed by atoms with Crippen molar-refractivity contribution in [2.24, 2.45) is 5.73 Å². The molecule has 2 unspecified atom stereocenters. The summed E-state index contributed by atoms with van der Waals surface area (Å²) in [6, 6.07) is 6.78. The normalized spacial score (nSPS) is 23.1. The van der Waals surface area contributed by atoms with Crippen LogP contribution in [0.1, 0.15) is 56.5 Å². The standard InChI is InChI=1S/C23H26ClN5O2S.Li/c1-29-9-7-16-18(12-29)32-22(27-16)21(31)28-19-4-2-3-8-23(19,25)20(30)17-11-13-10-14(24)5-6-15(13)26-17;/h5-6,10-11,19,26H,2-4,7-9,12,25H2,1H3,(H,28,31);. The maximum absolute atomic E-state index is 13.5. The van der Waals surface area contributed by atoms with Gasteiger partial charge in [0.05, 0.1) is 17.4 Å². The van der Waals surface area contributed by atoms with E-state index in [9.17, 15) is 9.59 Å². The number of fused-ring (bicyclic) bond motifs is 2. The number of rotatable bonds is 4. The molecule has 169 valence electrons. The van der Waals surface area contributed by atoms with E-state index in [0.717, 1.165) is 53.8 Å². The van der Waals surface area contributed by atoms with Gasteiger partial charge in [-0.2, -0.15) is 0 Å². The number of hydrogen-bond acceptors (Lipinski definition) is 6. The summed E-state index contributed by atoms with van der Waals surface area (Å²) in [6.07, 6.45) is 3.79. The fourth-order valence-corrected chi connectivity index (χ4v) is 6.06. The van der Waals surface area contributed by atoms with E-state index in [1.807, 2.05) is 12.1 Å². The summed E-state index contributed by atoms with van der Waals surface area (Å²) in [5, 5.41) is 4.97. The van der Waals surface area contributed by atoms with Gasteiger partial charge in [0.2, 0.25) is 5.78 Å². The second-order valence-corrected chi connectivity index (χ2v) is 10.5. The number of likely N-dealkylation sites (N-methyl/N-ethyl adjacent to an activating group) is 1. The Labute approximate surface area is 213 Å². The van der Waals surface area contributed by atoms with Crippen molar-refractivity contribution in [3.05, 3.63) is 50.6 Å². The zero-order valence-corrected chi connectivity index (χ0v) is 20.5. The molecule has 2 atom stereocenters. The second-order valence-electron chi connectivity index (χ2n) is 8.93. The number of Topliss-reactive ketones (excluding diaryl/α,β-unsaturated/α-hetero) is 1. The van der Waals surface area contributed by atoms with E-state index >= 15 is 0 Å². The van der Waals surface area contributed by atoms with Crippen molar-refractivity contribution in [1.29, 1.82) is 0 Å². The molecular weight excluding hydrogens is 453 g/mol. The fraction of sp³-hybridized carbons (Fsp3) is 0.435. The molecule has 7 nitrogen and oxygen atoms in total. The predicted octanol–water partition coefficient (Wildman–Crippen LogP) is 3.14. The Kier molecular flexibility index (Phi) is 7.07. The maximum atomic E-state index is 13.5. The maximum Gasteiger partial charge on any atom is 0.280 e. The van der Waals surface area contributed by atoms with Gasteiger partial charge < -0.3 is 20.9 Å². The average Bonchev–Trinajstić information content (AvgIpc) is 3.38. The van der Waals surface area contributed by atoms with Gasteiger partial charge in [-0.1, -0.05) is 24.4 Å². The summed E-state index contributed by atoms with van der Waals surface area (Å²) in [5.74, 6) is -0.431. The number of halogens is 1. The SMILES string of the molecule is CN1CCc2nc(C(=O)NC3CCCCC3(N)C(=O)c3cc4cc(Cl)ccc4[nH]3)sc2C1.[Li]. The topological polar surface area (TPSA) is 104 Å². The number of benzene rings is 1. The van der Waals surface area contributed by atoms with Crippen LogP contribution in [0.3, 0.4) is 0 Å². The summed E-state index contributed by atoms with van der Waals surface area (Å²) in [5.41, 5.74) is 7.85. The minimum atomic E-state index is -1.17. The van der Waals surface area contributed by atoms with Crippen LogP contribution in [0.4, 0.5) is 0 Å². The van der Waals surface area contributed by atoms with Gasteiger partial charge in [-0.05, 0) is 44.2 Å². The van der Waals surface area contributed by atoms with E-state index in [2.05, 4.69) is 27.2 Å². The van der Waals surface area contributed by atoms with Crippen molar-refractivity contribution >= 4 is 64.4 Å². The van der Waals surface area contributed by atoms with Gasteiger partial charge in [-0.25, -0.2) is 4.98 Å². The molecular formula is C23H26ClLiN5O2S. The summed E-state index contributed by atoms with van der Waals surface area (Å²) < 4.78 is 0. The number of ketones is 1. The Morgan fingerprint density at radius 1 is 1.33 bits per heavy atom. The molecule has 3 aromatic rings. The van der Waals surface area contributed by atoms with Crippen LogP contribution in [0.25, 0.3) is 10.9 Å². The van der Waals surface area contributed by atoms with Crippen molar-refractivity contribution in [3.63, 3.8) is 0 Å². The molecule has 2 aliphatic rings. The molecule has 10 heteroatoms. The Balaban J connectivity index is 0.00000259. The third-order valence-corrected chi connectivity index (χ3v) is 7.94. The quantitative estimate of drug-likeness (QED) is 0.395. The zero-order chi connectivity index (χ0) is 22.5. The third-order valence-electron chi connectivity index (χ3n) is 6.63. The second kappa shape index (κ2) is 9.53. The van der Waals surface area contributed by atoms with Gasteiger partial charge >= 0.3 is 0 Å². The Bertz CT molecular complexity index is 1210. The molecule has 2 aromatic heterocycles. The van der Waals surface area contributed by atoms with E-state index in [1.54, 1.807) is 12.1 Å². The number of carbonyl (C=O) groups is 2. The number of amides is 1. The van der Waals surface area contributed by atoms with Crippen LogP contribution in [0.2, 0.25) is 5.02 Å². The summed E-state index contributed by atoms with van der Waals surface area (Å²) in [7, 11) is 2.07. The smallest absolute Gasteiger partial charge is 0.280 e. The Morgan fingerprint density at radius 3 is 2.97 bits per heavy atom. The number of aromatic nitrogens is 2. The minimum Gasteiger partial charge on any atom is -0.352 e. The number of nitrogens with zero attached hydrogens (tertiary/aromatic N) is 2. The Morgan fingerprint density at radius 2 is 2.15 bits per heavy atom. The van der Waals surface area contributed by atoms with Crippen molar-refractivity contribution < 1.29 is 9.59 Å². The minimum absolute atomic E-state index is 0. The van der Waals surface area contributed by atoms with Crippen LogP contribution in [0, 0.1) is 0 Å². The molecule has 1 radical (unpaired) electrons. The molecule has 0 bridgehead atoms. The van der Waals surface area contributed by atoms with Gasteiger partial charge in [0.25, 0.3) is 5.91 Å². The first kappa shape index (κ1) is 24.5. The molecule has 33 heavy (non-hydrogen) atoms. The number of aromatic amines is 1. The molecule has 4 N–H and O–H groups in total. The van der Waals surface area contributed by atoms with E-state index in [1.165, 1.54) is 11.3 Å². The fourth-order valence-electron chi connectivity index (χ4n) is 4.79. The molecule has 0 saturated heterocycles. The molecule has 1 aliphatic heterocycles. The van der Waals surface area contributed by atoms with Crippen LogP contribution in [0.15, 0.2) is 24.3 Å². The van der Waals surface area contributed by atoms with Gasteiger partial charge in [0.15, 0.2) is 5.01 Å². The first-order valence-electron chi connectivity index (χ1n) is 10.9. The molecule has 1 aliphatic carbocycles. The van der Waals surface area contributed by atoms with Crippen LogP contribution in [0.5, 0.6) is 0 Å². The van der Waals surface area contributed by atoms with E-state index < -0.39 is 11.6 Å². The van der Waals surface area contributed by atoms with Crippen LogP contribution in [-0.2, 0) is 13.0 Å². The van der Waals surface area contributed by atoms with Crippen LogP contribution in [-0.4, -0.2) is 70.6 Å². The van der Waals surface area contributed by atoms with Crippen molar-refractivity contribution in [3.8, 4) is 0 Å². The zero-order valence-electron chi connectivity index (χ0n) is 18.9. The molecule has 1 fully saturated rings. The average molecular weight is 479 g/mol. The van der Waals surface area contributed by atoms with Gasteiger partial charge in [-0.15, -0.1) is 11.3 Å². The summed E-state index contributed by atoms with van der Waals surface area (Å²) in [6.45, 7) is 1.75. The molecule has 5 rings (SSSR count).